The predicted octanol–water partition coefficient (Wildman–Crippen LogP) is 10.6. The molecule has 3 heteroatoms. The number of imidazole rings is 1. The van der Waals surface area contributed by atoms with E-state index < -0.39 is 0 Å². The van der Waals surface area contributed by atoms with Crippen LogP contribution in [0.25, 0.3) is 44.3 Å². The number of benzene rings is 4. The number of hydrogen-bond donors (Lipinski definition) is 0. The molecule has 3 saturated carbocycles. The normalized spacial score (nSPS) is 27.5. The van der Waals surface area contributed by atoms with Crippen LogP contribution in [0.15, 0.2) is 54.6 Å². The van der Waals surface area contributed by atoms with Gasteiger partial charge < -0.3 is 0 Å². The van der Waals surface area contributed by atoms with Crippen molar-refractivity contribution in [1.82, 2.24) is 8.97 Å². The first-order valence-corrected chi connectivity index (χ1v) is 21.0. The molecule has 52 heavy (non-hydrogen) atoms. The molecule has 2 nitrogen and oxygen atoms in total. The molecule has 9 aliphatic rings. The topological polar surface area (TPSA) is 9.34 Å². The Morgan fingerprint density at radius 1 is 0.635 bits per heavy atom. The quantitative estimate of drug-likeness (QED) is 0.141. The molecule has 7 aliphatic carbocycles. The molecular weight excluding hydrogens is 627 g/mol. The lowest BCUT2D eigenvalue weighted by molar-refractivity contribution is 0.166. The minimum absolute atomic E-state index is 0.0392. The molecule has 4 heterocycles. The van der Waals surface area contributed by atoms with Gasteiger partial charge in [-0.15, -0.1) is 0 Å². The van der Waals surface area contributed by atoms with Crippen molar-refractivity contribution in [2.45, 2.75) is 134 Å². The average Bonchev–Trinajstić information content (AvgIpc) is 3.60. The Labute approximate surface area is 309 Å². The molecule has 6 aromatic rings. The second-order valence-electron chi connectivity index (χ2n) is 20.8. The molecule has 15 rings (SSSR count). The lowest BCUT2D eigenvalue weighted by Crippen LogP contribution is -2.59. The van der Waals surface area contributed by atoms with Gasteiger partial charge >= 0.3 is 0 Å². The lowest BCUT2D eigenvalue weighted by Gasteiger charge is -2.40. The van der Waals surface area contributed by atoms with E-state index in [4.69, 9.17) is 0 Å². The third-order valence-electron chi connectivity index (χ3n) is 16.0. The largest absolute Gasteiger partial charge is 0.298 e. The Kier molecular flexibility index (Phi) is 5.32. The monoisotopic (exact) mass is 678 g/mol. The molecule has 260 valence electrons. The summed E-state index contributed by atoms with van der Waals surface area (Å²) in [7, 11) is 0. The maximum atomic E-state index is 2.90. The van der Waals surface area contributed by atoms with Crippen LogP contribution in [-0.2, 0) is 10.8 Å². The predicted molar refractivity (Wildman–Crippen MR) is 219 cm³/mol. The zero-order valence-electron chi connectivity index (χ0n) is 32.0. The number of nitrogens with zero attached hydrogens (tertiary/aromatic N) is 2. The van der Waals surface area contributed by atoms with E-state index in [2.05, 4.69) is 105 Å². The van der Waals surface area contributed by atoms with Crippen LogP contribution in [-0.4, -0.2) is 15.7 Å². The van der Waals surface area contributed by atoms with Gasteiger partial charge in [-0.05, 0) is 183 Å². The molecule has 2 unspecified atom stereocenters. The van der Waals surface area contributed by atoms with Crippen molar-refractivity contribution in [1.29, 1.82) is 0 Å². The first-order valence-electron chi connectivity index (χ1n) is 21.0. The molecule has 2 aliphatic heterocycles. The summed E-state index contributed by atoms with van der Waals surface area (Å²) in [5.41, 5.74) is 23.7. The minimum atomic E-state index is 0.0392. The number of hydrogen-bond acceptors (Lipinski definition) is 0. The first kappa shape index (κ1) is 29.7. The highest BCUT2D eigenvalue weighted by Gasteiger charge is 2.49. The van der Waals surface area contributed by atoms with Gasteiger partial charge in [0, 0.05) is 11.4 Å². The summed E-state index contributed by atoms with van der Waals surface area (Å²) in [6.45, 7) is 14.7. The fourth-order valence-corrected chi connectivity index (χ4v) is 14.0. The highest BCUT2D eigenvalue weighted by molar-refractivity contribution is 7.01. The van der Waals surface area contributed by atoms with Gasteiger partial charge in [0.25, 0.3) is 6.71 Å². The molecule has 2 atom stereocenters. The Morgan fingerprint density at radius 2 is 1.33 bits per heavy atom. The van der Waals surface area contributed by atoms with Gasteiger partial charge in [0.05, 0.1) is 11.0 Å². The molecule has 0 amide bonds. The van der Waals surface area contributed by atoms with Crippen molar-refractivity contribution >= 4 is 50.6 Å². The van der Waals surface area contributed by atoms with Gasteiger partial charge in [0.15, 0.2) is 0 Å². The maximum absolute atomic E-state index is 2.90. The molecule has 0 N–H and O–H groups in total. The summed E-state index contributed by atoms with van der Waals surface area (Å²) >= 11 is 0. The SMILES string of the molecule is CC(C)(C)c1cc2c3c(c1)-n1c4cc5c(cc4n4c6c(c(c14)B3c1cccc3c(C(C)(C)C)ccc-2c13)C1CCC6CC1)C1CC2CC(CC5C2)C1. The Morgan fingerprint density at radius 3 is 2.02 bits per heavy atom. The third-order valence-corrected chi connectivity index (χ3v) is 16.0. The summed E-state index contributed by atoms with van der Waals surface area (Å²) in [6, 6.07) is 23.1. The van der Waals surface area contributed by atoms with Crippen LogP contribution >= 0.6 is 0 Å². The van der Waals surface area contributed by atoms with Crippen LogP contribution in [0.5, 0.6) is 0 Å². The van der Waals surface area contributed by atoms with Crippen molar-refractivity contribution in [2.75, 3.05) is 0 Å². The van der Waals surface area contributed by atoms with Crippen LogP contribution in [0.1, 0.15) is 157 Å². The molecule has 0 spiro atoms. The second-order valence-corrected chi connectivity index (χ2v) is 20.8. The summed E-state index contributed by atoms with van der Waals surface area (Å²) in [4.78, 5) is 0. The fourth-order valence-electron chi connectivity index (χ4n) is 14.0. The second kappa shape index (κ2) is 9.31. The first-order chi connectivity index (χ1) is 25.0. The van der Waals surface area contributed by atoms with E-state index >= 15 is 0 Å². The molecule has 6 bridgehead atoms. The van der Waals surface area contributed by atoms with Crippen molar-refractivity contribution in [3.63, 3.8) is 0 Å². The van der Waals surface area contributed by atoms with E-state index in [1.165, 1.54) is 113 Å². The summed E-state index contributed by atoms with van der Waals surface area (Å²) in [5, 5.41) is 2.97. The maximum Gasteiger partial charge on any atom is 0.250 e. The number of fused-ring (bicyclic) bond motifs is 9. The van der Waals surface area contributed by atoms with E-state index in [9.17, 15) is 0 Å². The molecule has 3 fully saturated rings. The van der Waals surface area contributed by atoms with Gasteiger partial charge in [-0.25, -0.2) is 0 Å². The van der Waals surface area contributed by atoms with Gasteiger partial charge in [0.1, 0.15) is 5.65 Å². The van der Waals surface area contributed by atoms with Crippen LogP contribution in [0.4, 0.5) is 0 Å². The van der Waals surface area contributed by atoms with Crippen molar-refractivity contribution in [3.05, 3.63) is 88.1 Å². The molecular formula is C49H51BN2. The average molecular weight is 679 g/mol. The van der Waals surface area contributed by atoms with Crippen LogP contribution < -0.4 is 16.4 Å². The fraction of sp³-hybridized carbons (Fsp3) is 0.469. The van der Waals surface area contributed by atoms with Crippen LogP contribution in [0.3, 0.4) is 0 Å². The zero-order chi connectivity index (χ0) is 34.7. The van der Waals surface area contributed by atoms with E-state index in [0.29, 0.717) is 11.8 Å². The molecule has 4 aromatic carbocycles. The summed E-state index contributed by atoms with van der Waals surface area (Å²) in [6.07, 6.45) is 12.6. The molecule has 2 aromatic heterocycles. The van der Waals surface area contributed by atoms with Crippen molar-refractivity contribution in [3.8, 4) is 16.8 Å². The summed E-state index contributed by atoms with van der Waals surface area (Å²) < 4.78 is 5.75. The zero-order valence-corrected chi connectivity index (χ0v) is 32.0. The molecule has 0 saturated heterocycles. The number of rotatable bonds is 0. The van der Waals surface area contributed by atoms with E-state index in [0.717, 1.165) is 23.7 Å². The van der Waals surface area contributed by atoms with Crippen molar-refractivity contribution < 1.29 is 0 Å². The van der Waals surface area contributed by atoms with Gasteiger partial charge in [-0.1, -0.05) is 83.4 Å². The minimum Gasteiger partial charge on any atom is -0.298 e. The van der Waals surface area contributed by atoms with Crippen molar-refractivity contribution in [2.24, 2.45) is 11.8 Å². The Hall–Kier alpha value is -3.72. The summed E-state index contributed by atoms with van der Waals surface area (Å²) in [5.74, 6) is 4.74. The standard InChI is InChI=1S/C49H51BN2/c1-48(2,3)31-21-36-32-14-15-37(49(4,5)6)33-8-7-9-38(43(32)33)50-44(36)41(22-31)51-39-23-34-29-17-25-16-26(18-29)20-30(19-25)35(34)24-40(39)52-46-28-12-10-27(11-13-28)42(46)45(50)47(51)52/h7-9,14-15,21-30H,10-13,16-20H2,1-6H3. The third kappa shape index (κ3) is 3.47. The lowest BCUT2D eigenvalue weighted by atomic mass is 9.31. The Balaban J connectivity index is 1.23. The highest BCUT2D eigenvalue weighted by Crippen LogP contribution is 2.58. The van der Waals surface area contributed by atoms with Crippen LogP contribution in [0, 0.1) is 11.8 Å². The van der Waals surface area contributed by atoms with Gasteiger partial charge in [0.2, 0.25) is 0 Å². The van der Waals surface area contributed by atoms with E-state index in [-0.39, 0.29) is 17.5 Å². The van der Waals surface area contributed by atoms with Gasteiger partial charge in [-0.2, -0.15) is 0 Å². The van der Waals surface area contributed by atoms with E-state index in [1.54, 1.807) is 38.8 Å². The van der Waals surface area contributed by atoms with Gasteiger partial charge in [-0.3, -0.25) is 8.97 Å². The smallest absolute Gasteiger partial charge is 0.250 e. The van der Waals surface area contributed by atoms with E-state index in [1.807, 2.05) is 0 Å². The number of aromatic nitrogens is 2. The molecule has 0 radical (unpaired) electrons. The highest BCUT2D eigenvalue weighted by atomic mass is 15.2. The van der Waals surface area contributed by atoms with Crippen LogP contribution in [0.2, 0.25) is 0 Å². The Bertz CT molecular complexity index is 2610.